The van der Waals surface area contributed by atoms with E-state index >= 15 is 0 Å². The quantitative estimate of drug-likeness (QED) is 0.135. The van der Waals surface area contributed by atoms with E-state index in [1.54, 1.807) is 23.9 Å². The second kappa shape index (κ2) is 14.9. The molecule has 1 aliphatic rings. The van der Waals surface area contributed by atoms with Gasteiger partial charge in [-0.05, 0) is 71.8 Å². The smallest absolute Gasteiger partial charge is 0.323 e. The largest absolute Gasteiger partial charge is 0.457 e. The first-order valence-electron chi connectivity index (χ1n) is 14.8. The maximum absolute atomic E-state index is 12.7. The monoisotopic (exact) mass is 618 g/mol. The van der Waals surface area contributed by atoms with E-state index in [9.17, 15) is 9.90 Å². The molecule has 1 heterocycles. The zero-order valence-electron chi connectivity index (χ0n) is 24.5. The van der Waals surface area contributed by atoms with Gasteiger partial charge in [-0.25, -0.2) is 4.79 Å². The number of rotatable bonds is 10. The first-order valence-corrected chi connectivity index (χ1v) is 15.8. The van der Waals surface area contributed by atoms with Crippen LogP contribution in [0.2, 0.25) is 0 Å². The molecule has 0 aromatic heterocycles. The number of thioether (sulfide) groups is 1. The van der Waals surface area contributed by atoms with Gasteiger partial charge in [-0.3, -0.25) is 0 Å². The van der Waals surface area contributed by atoms with Crippen molar-refractivity contribution in [1.29, 1.82) is 0 Å². The lowest BCUT2D eigenvalue weighted by Gasteiger charge is -2.36. The molecular formula is C37H34N2O5S. The van der Waals surface area contributed by atoms with Gasteiger partial charge in [0.25, 0.3) is 0 Å². The van der Waals surface area contributed by atoms with Crippen molar-refractivity contribution >= 4 is 29.2 Å². The lowest BCUT2D eigenvalue weighted by Crippen LogP contribution is -2.31. The highest BCUT2D eigenvalue weighted by molar-refractivity contribution is 7.99. The molecule has 5 aromatic rings. The summed E-state index contributed by atoms with van der Waals surface area (Å²) in [5, 5.41) is 15.2. The van der Waals surface area contributed by atoms with Gasteiger partial charge in [0, 0.05) is 34.0 Å². The van der Waals surface area contributed by atoms with Gasteiger partial charge in [0.1, 0.15) is 11.5 Å². The Hall–Kier alpha value is -4.60. The Kier molecular flexibility index (Phi) is 10.1. The van der Waals surface area contributed by atoms with E-state index in [1.165, 1.54) is 4.90 Å². The molecule has 3 atom stereocenters. The van der Waals surface area contributed by atoms with Gasteiger partial charge in [-0.1, -0.05) is 72.8 Å². The molecule has 3 N–H and O–H groups in total. The van der Waals surface area contributed by atoms with Crippen LogP contribution in [0.5, 0.6) is 11.5 Å². The van der Waals surface area contributed by atoms with E-state index < -0.39 is 6.29 Å². The van der Waals surface area contributed by atoms with E-state index in [0.717, 1.165) is 28.2 Å². The number of anilines is 2. The fourth-order valence-corrected chi connectivity index (χ4v) is 5.92. The van der Waals surface area contributed by atoms with E-state index in [-0.39, 0.29) is 24.8 Å². The van der Waals surface area contributed by atoms with Crippen LogP contribution in [0.25, 0.3) is 0 Å². The Labute approximate surface area is 267 Å². The van der Waals surface area contributed by atoms with Crippen molar-refractivity contribution in [2.75, 3.05) is 16.4 Å². The van der Waals surface area contributed by atoms with Gasteiger partial charge in [-0.15, -0.1) is 11.8 Å². The Morgan fingerprint density at radius 2 is 1.29 bits per heavy atom. The van der Waals surface area contributed by atoms with Crippen molar-refractivity contribution in [3.05, 3.63) is 150 Å². The molecule has 2 amide bonds. The summed E-state index contributed by atoms with van der Waals surface area (Å²) in [7, 11) is 0. The summed E-state index contributed by atoms with van der Waals surface area (Å²) in [6.07, 6.45) is -0.0499. The number of carbonyl (C=O) groups excluding carboxylic acids is 1. The van der Waals surface area contributed by atoms with Crippen LogP contribution in [0.4, 0.5) is 16.2 Å². The van der Waals surface area contributed by atoms with E-state index in [2.05, 4.69) is 22.8 Å². The number of aliphatic hydroxyl groups excluding tert-OH is 1. The highest BCUT2D eigenvalue weighted by atomic mass is 32.2. The molecule has 0 unspecified atom stereocenters. The molecule has 5 aromatic carbocycles. The van der Waals surface area contributed by atoms with Crippen LogP contribution in [0.1, 0.15) is 35.5 Å². The minimum Gasteiger partial charge on any atom is -0.457 e. The maximum Gasteiger partial charge on any atom is 0.323 e. The Morgan fingerprint density at radius 3 is 1.93 bits per heavy atom. The van der Waals surface area contributed by atoms with Crippen molar-refractivity contribution in [2.24, 2.45) is 0 Å². The SMILES string of the molecule is O=C(Nc1ccc(Oc2ccccc2)cc1)Nc1ccc([C@@H]2O[C@H](CSc3ccccc3)C[C@H](c3ccc(CO)cc3)O2)cc1. The number of hydrogen-bond donors (Lipinski definition) is 3. The van der Waals surface area contributed by atoms with Gasteiger partial charge < -0.3 is 30.0 Å². The van der Waals surface area contributed by atoms with Crippen molar-refractivity contribution < 1.29 is 24.1 Å². The lowest BCUT2D eigenvalue weighted by atomic mass is 10.0. The summed E-state index contributed by atoms with van der Waals surface area (Å²) in [5.41, 5.74) is 4.06. The van der Waals surface area contributed by atoms with Gasteiger partial charge in [0.2, 0.25) is 0 Å². The fraction of sp³-hybridized carbons (Fsp3) is 0.162. The fourth-order valence-electron chi connectivity index (χ4n) is 4.98. The third-order valence-corrected chi connectivity index (χ3v) is 8.47. The van der Waals surface area contributed by atoms with Gasteiger partial charge in [0.15, 0.2) is 6.29 Å². The zero-order valence-corrected chi connectivity index (χ0v) is 25.4. The summed E-state index contributed by atoms with van der Waals surface area (Å²) >= 11 is 1.76. The van der Waals surface area contributed by atoms with E-state index in [4.69, 9.17) is 14.2 Å². The highest BCUT2D eigenvalue weighted by Gasteiger charge is 2.32. The summed E-state index contributed by atoms with van der Waals surface area (Å²) < 4.78 is 18.7. The van der Waals surface area contributed by atoms with Crippen molar-refractivity contribution in [2.45, 2.75) is 36.4 Å². The number of ether oxygens (including phenoxy) is 3. The van der Waals surface area contributed by atoms with Crippen LogP contribution in [0, 0.1) is 0 Å². The number of para-hydroxylation sites is 1. The molecule has 0 radical (unpaired) electrons. The average Bonchev–Trinajstić information content (AvgIpc) is 3.09. The summed E-state index contributed by atoms with van der Waals surface area (Å²) in [6.45, 7) is 0.00226. The molecular weight excluding hydrogens is 584 g/mol. The normalized spacial score (nSPS) is 17.8. The molecule has 45 heavy (non-hydrogen) atoms. The average molecular weight is 619 g/mol. The van der Waals surface area contributed by atoms with E-state index in [1.807, 2.05) is 109 Å². The van der Waals surface area contributed by atoms with Crippen LogP contribution in [-0.4, -0.2) is 23.0 Å². The number of urea groups is 1. The lowest BCUT2D eigenvalue weighted by molar-refractivity contribution is -0.245. The number of hydrogen-bond acceptors (Lipinski definition) is 6. The minimum absolute atomic E-state index is 0.00226. The number of aliphatic hydroxyl groups is 1. The topological polar surface area (TPSA) is 89.1 Å². The predicted molar refractivity (Wildman–Crippen MR) is 178 cm³/mol. The predicted octanol–water partition coefficient (Wildman–Crippen LogP) is 8.95. The second-order valence-corrected chi connectivity index (χ2v) is 11.7. The zero-order chi connectivity index (χ0) is 30.8. The van der Waals surface area contributed by atoms with Crippen molar-refractivity contribution in [3.8, 4) is 11.5 Å². The van der Waals surface area contributed by atoms with Gasteiger partial charge in [-0.2, -0.15) is 0 Å². The first kappa shape index (κ1) is 30.4. The van der Waals surface area contributed by atoms with Crippen LogP contribution in [0.15, 0.2) is 138 Å². The second-order valence-electron chi connectivity index (χ2n) is 10.6. The molecule has 0 spiro atoms. The van der Waals surface area contributed by atoms with Gasteiger partial charge in [0.05, 0.1) is 18.8 Å². The molecule has 1 fully saturated rings. The number of amides is 2. The number of carbonyl (C=O) groups is 1. The standard InChI is InChI=1S/C37H34N2O5S/c40-24-26-11-13-27(14-12-26)35-23-33(25-45-34-9-5-2-6-10-34)43-36(44-35)28-15-17-29(18-16-28)38-37(41)39-30-19-21-32(22-20-30)42-31-7-3-1-4-8-31/h1-22,33,35-36,40H,23-25H2,(H2,38,39,41)/t33-,35+,36+/m0/s1. The molecule has 6 rings (SSSR count). The summed E-state index contributed by atoms with van der Waals surface area (Å²) in [6, 6.07) is 42.0. The Bertz CT molecular complexity index is 1650. The summed E-state index contributed by atoms with van der Waals surface area (Å²) in [4.78, 5) is 13.9. The van der Waals surface area contributed by atoms with Crippen LogP contribution >= 0.6 is 11.8 Å². The molecule has 0 saturated carbocycles. The molecule has 1 saturated heterocycles. The number of benzene rings is 5. The maximum atomic E-state index is 12.7. The highest BCUT2D eigenvalue weighted by Crippen LogP contribution is 2.39. The first-order chi connectivity index (χ1) is 22.1. The van der Waals surface area contributed by atoms with Crippen LogP contribution in [0.3, 0.4) is 0 Å². The summed E-state index contributed by atoms with van der Waals surface area (Å²) in [5.74, 6) is 2.21. The Balaban J connectivity index is 1.08. The number of nitrogens with one attached hydrogen (secondary N) is 2. The van der Waals surface area contributed by atoms with Crippen molar-refractivity contribution in [3.63, 3.8) is 0 Å². The molecule has 1 aliphatic heterocycles. The Morgan fingerprint density at radius 1 is 0.711 bits per heavy atom. The third-order valence-electron chi connectivity index (χ3n) is 7.33. The molecule has 228 valence electrons. The van der Waals surface area contributed by atoms with Crippen molar-refractivity contribution in [1.82, 2.24) is 0 Å². The molecule has 7 nitrogen and oxygen atoms in total. The van der Waals surface area contributed by atoms with Crippen LogP contribution in [-0.2, 0) is 16.1 Å². The molecule has 0 bridgehead atoms. The minimum atomic E-state index is -0.567. The third kappa shape index (κ3) is 8.53. The molecule has 8 heteroatoms. The molecule has 0 aliphatic carbocycles. The van der Waals surface area contributed by atoms with Crippen LogP contribution < -0.4 is 15.4 Å². The van der Waals surface area contributed by atoms with Gasteiger partial charge >= 0.3 is 6.03 Å². The van der Waals surface area contributed by atoms with E-state index in [0.29, 0.717) is 23.5 Å².